The Kier molecular flexibility index (Phi) is 3.54. The zero-order chi connectivity index (χ0) is 11.7. The molecular formula is C10H9Cl3O2. The Bertz CT molecular complexity index is 359. The molecule has 0 heterocycles. The van der Waals surface area contributed by atoms with E-state index in [1.807, 2.05) is 0 Å². The van der Waals surface area contributed by atoms with Crippen molar-refractivity contribution in [1.82, 2.24) is 0 Å². The van der Waals surface area contributed by atoms with Gasteiger partial charge in [0.15, 0.2) is 0 Å². The fourth-order valence-corrected chi connectivity index (χ4v) is 1.75. The van der Waals surface area contributed by atoms with Gasteiger partial charge in [-0.2, -0.15) is 0 Å². The van der Waals surface area contributed by atoms with Crippen LogP contribution in [0.3, 0.4) is 0 Å². The van der Waals surface area contributed by atoms with E-state index in [9.17, 15) is 4.79 Å². The van der Waals surface area contributed by atoms with Crippen LogP contribution in [0, 0.1) is 0 Å². The average Bonchev–Trinajstić information content (AvgIpc) is 2.16. The van der Waals surface area contributed by atoms with Gasteiger partial charge in [-0.3, -0.25) is 4.79 Å². The second-order valence-electron chi connectivity index (χ2n) is 3.29. The first-order valence-electron chi connectivity index (χ1n) is 4.16. The van der Waals surface area contributed by atoms with Crippen LogP contribution in [0.1, 0.15) is 12.5 Å². The monoisotopic (exact) mass is 266 g/mol. The van der Waals surface area contributed by atoms with E-state index in [4.69, 9.17) is 39.9 Å². The first kappa shape index (κ1) is 12.6. The molecule has 1 atom stereocenters. The maximum absolute atomic E-state index is 11.2. The number of hydrogen-bond acceptors (Lipinski definition) is 1. The lowest BCUT2D eigenvalue weighted by Gasteiger charge is -2.32. The highest BCUT2D eigenvalue weighted by Gasteiger charge is 2.52. The summed E-state index contributed by atoms with van der Waals surface area (Å²) in [7, 11) is 0. The summed E-state index contributed by atoms with van der Waals surface area (Å²) in [4.78, 5) is 11.2. The van der Waals surface area contributed by atoms with Crippen molar-refractivity contribution in [2.24, 2.45) is 0 Å². The van der Waals surface area contributed by atoms with Crippen LogP contribution in [0.25, 0.3) is 0 Å². The van der Waals surface area contributed by atoms with Crippen LogP contribution >= 0.6 is 34.8 Å². The summed E-state index contributed by atoms with van der Waals surface area (Å²) in [5, 5.41) is 9.17. The SMILES string of the molecule is CC(C(=O)O)(c1ccccc1)C(Cl)(Cl)Cl. The zero-order valence-electron chi connectivity index (χ0n) is 7.88. The lowest BCUT2D eigenvalue weighted by atomic mass is 9.84. The van der Waals surface area contributed by atoms with Crippen molar-refractivity contribution in [3.63, 3.8) is 0 Å². The third-order valence-electron chi connectivity index (χ3n) is 2.35. The van der Waals surface area contributed by atoms with Gasteiger partial charge in [0, 0.05) is 0 Å². The number of benzene rings is 1. The molecule has 1 N–H and O–H groups in total. The zero-order valence-corrected chi connectivity index (χ0v) is 10.1. The van der Waals surface area contributed by atoms with E-state index in [0.29, 0.717) is 5.56 Å². The Labute approximate surface area is 103 Å². The second kappa shape index (κ2) is 4.20. The molecule has 0 saturated carbocycles. The van der Waals surface area contributed by atoms with Gasteiger partial charge in [-0.25, -0.2) is 0 Å². The van der Waals surface area contributed by atoms with Gasteiger partial charge in [-0.15, -0.1) is 0 Å². The van der Waals surface area contributed by atoms with E-state index in [1.165, 1.54) is 6.92 Å². The molecule has 15 heavy (non-hydrogen) atoms. The van der Waals surface area contributed by atoms with E-state index < -0.39 is 15.2 Å². The Morgan fingerprint density at radius 3 is 2.00 bits per heavy atom. The minimum Gasteiger partial charge on any atom is -0.480 e. The molecule has 0 spiro atoms. The quantitative estimate of drug-likeness (QED) is 0.834. The van der Waals surface area contributed by atoms with Crippen molar-refractivity contribution in [1.29, 1.82) is 0 Å². The topological polar surface area (TPSA) is 37.3 Å². The van der Waals surface area contributed by atoms with Crippen LogP contribution < -0.4 is 0 Å². The van der Waals surface area contributed by atoms with Gasteiger partial charge in [0.25, 0.3) is 0 Å². The predicted molar refractivity (Wildman–Crippen MR) is 61.7 cm³/mol. The minimum absolute atomic E-state index is 0.456. The number of hydrogen-bond donors (Lipinski definition) is 1. The number of alkyl halides is 3. The van der Waals surface area contributed by atoms with Crippen molar-refractivity contribution < 1.29 is 9.90 Å². The Morgan fingerprint density at radius 2 is 1.67 bits per heavy atom. The van der Waals surface area contributed by atoms with Gasteiger partial charge in [0.2, 0.25) is 3.79 Å². The average molecular weight is 268 g/mol. The summed E-state index contributed by atoms with van der Waals surface area (Å²) in [6.07, 6.45) is 0. The summed E-state index contributed by atoms with van der Waals surface area (Å²) >= 11 is 17.2. The third-order valence-corrected chi connectivity index (χ3v) is 3.48. The molecule has 0 saturated heterocycles. The van der Waals surface area contributed by atoms with Crippen LogP contribution in [-0.4, -0.2) is 14.9 Å². The number of carbonyl (C=O) groups is 1. The van der Waals surface area contributed by atoms with Gasteiger partial charge in [0.05, 0.1) is 0 Å². The van der Waals surface area contributed by atoms with Gasteiger partial charge in [-0.05, 0) is 12.5 Å². The molecule has 0 aromatic heterocycles. The highest BCUT2D eigenvalue weighted by Crippen LogP contribution is 2.46. The summed E-state index contributed by atoms with van der Waals surface area (Å²) in [6.45, 7) is 1.39. The van der Waals surface area contributed by atoms with E-state index >= 15 is 0 Å². The molecule has 82 valence electrons. The molecule has 1 aromatic rings. The van der Waals surface area contributed by atoms with Crippen molar-refractivity contribution in [3.05, 3.63) is 35.9 Å². The smallest absolute Gasteiger partial charge is 0.318 e. The number of aliphatic carboxylic acids is 1. The van der Waals surface area contributed by atoms with Crippen molar-refractivity contribution in [2.75, 3.05) is 0 Å². The summed E-state index contributed by atoms with van der Waals surface area (Å²) < 4.78 is -1.90. The van der Waals surface area contributed by atoms with Crippen molar-refractivity contribution in [3.8, 4) is 0 Å². The largest absolute Gasteiger partial charge is 0.480 e. The number of rotatable bonds is 2. The Balaban J connectivity index is 3.32. The highest BCUT2D eigenvalue weighted by molar-refractivity contribution is 6.69. The second-order valence-corrected chi connectivity index (χ2v) is 5.58. The molecule has 0 amide bonds. The summed E-state index contributed by atoms with van der Waals surface area (Å²) in [5.41, 5.74) is -1.10. The number of halogens is 3. The van der Waals surface area contributed by atoms with Crippen LogP contribution in [0.15, 0.2) is 30.3 Å². The van der Waals surface area contributed by atoms with E-state index in [2.05, 4.69) is 0 Å². The predicted octanol–water partition coefficient (Wildman–Crippen LogP) is 3.40. The van der Waals surface area contributed by atoms with Gasteiger partial charge in [-0.1, -0.05) is 65.1 Å². The molecule has 0 aliphatic rings. The fourth-order valence-electron chi connectivity index (χ4n) is 1.18. The molecule has 1 unspecified atom stereocenters. The molecule has 1 rings (SSSR count). The van der Waals surface area contributed by atoms with E-state index in [0.717, 1.165) is 0 Å². The molecule has 0 aliphatic heterocycles. The summed E-state index contributed by atoms with van der Waals surface area (Å²) in [5.74, 6) is -1.17. The van der Waals surface area contributed by atoms with Crippen LogP contribution in [0.4, 0.5) is 0 Å². The molecule has 0 bridgehead atoms. The molecule has 2 nitrogen and oxygen atoms in total. The first-order chi connectivity index (χ1) is 6.80. The van der Waals surface area contributed by atoms with Crippen LogP contribution in [-0.2, 0) is 10.2 Å². The third kappa shape index (κ3) is 2.22. The summed E-state index contributed by atoms with van der Waals surface area (Å²) in [6, 6.07) is 8.41. The first-order valence-corrected chi connectivity index (χ1v) is 5.29. The highest BCUT2D eigenvalue weighted by atomic mass is 35.6. The Morgan fingerprint density at radius 1 is 1.20 bits per heavy atom. The maximum atomic E-state index is 11.2. The lowest BCUT2D eigenvalue weighted by molar-refractivity contribution is -0.143. The maximum Gasteiger partial charge on any atom is 0.318 e. The number of carboxylic acid groups (broad SMARTS) is 1. The van der Waals surface area contributed by atoms with E-state index in [1.54, 1.807) is 30.3 Å². The van der Waals surface area contributed by atoms with Crippen molar-refractivity contribution >= 4 is 40.8 Å². The normalized spacial score (nSPS) is 15.7. The van der Waals surface area contributed by atoms with Gasteiger partial charge in [0.1, 0.15) is 5.41 Å². The Hall–Kier alpha value is -0.440. The standard InChI is InChI=1S/C10H9Cl3O2/c1-9(8(14)15,10(11,12)13)7-5-3-2-4-6-7/h2-6H,1H3,(H,14,15). The molecule has 0 fully saturated rings. The molecular weight excluding hydrogens is 258 g/mol. The molecule has 5 heteroatoms. The number of carboxylic acids is 1. The molecule has 0 aliphatic carbocycles. The van der Waals surface area contributed by atoms with Gasteiger partial charge >= 0.3 is 5.97 Å². The molecule has 1 aromatic carbocycles. The minimum atomic E-state index is -1.90. The van der Waals surface area contributed by atoms with Crippen molar-refractivity contribution in [2.45, 2.75) is 16.1 Å². The van der Waals surface area contributed by atoms with Crippen LogP contribution in [0.5, 0.6) is 0 Å². The van der Waals surface area contributed by atoms with Gasteiger partial charge < -0.3 is 5.11 Å². The fraction of sp³-hybridized carbons (Fsp3) is 0.300. The van der Waals surface area contributed by atoms with E-state index in [-0.39, 0.29) is 0 Å². The molecule has 0 radical (unpaired) electrons. The van der Waals surface area contributed by atoms with Crippen LogP contribution in [0.2, 0.25) is 0 Å². The lowest BCUT2D eigenvalue weighted by Crippen LogP contribution is -2.44.